The molecule has 0 saturated carbocycles. The number of hydrogen-bond acceptors (Lipinski definition) is 9. The van der Waals surface area contributed by atoms with Crippen LogP contribution >= 0.6 is 23.4 Å². The van der Waals surface area contributed by atoms with Gasteiger partial charge < -0.3 is 23.9 Å². The average molecular weight is 631 g/mol. The van der Waals surface area contributed by atoms with Crippen LogP contribution in [0, 0.1) is 0 Å². The average Bonchev–Trinajstić information content (AvgIpc) is 3.66. The molecule has 2 amide bonds. The van der Waals surface area contributed by atoms with Gasteiger partial charge in [-0.15, -0.1) is 5.10 Å². The molecule has 0 radical (unpaired) electrons. The number of ether oxygens (including phenoxy) is 3. The third kappa shape index (κ3) is 7.68. The van der Waals surface area contributed by atoms with E-state index < -0.39 is 0 Å². The maximum absolute atomic E-state index is 13.6. The molecule has 1 aliphatic rings. The number of anilines is 1. The Morgan fingerprint density at radius 2 is 1.80 bits per heavy atom. The summed E-state index contributed by atoms with van der Waals surface area (Å²) < 4.78 is 21.9. The van der Waals surface area contributed by atoms with Gasteiger partial charge in [0.1, 0.15) is 11.5 Å². The highest BCUT2D eigenvalue weighted by molar-refractivity contribution is 8.18. The highest BCUT2D eigenvalue weighted by Gasteiger charge is 2.34. The lowest BCUT2D eigenvalue weighted by Crippen LogP contribution is -2.28. The van der Waals surface area contributed by atoms with E-state index in [1.54, 1.807) is 99.5 Å². The van der Waals surface area contributed by atoms with Crippen molar-refractivity contribution in [3.8, 4) is 17.2 Å². The van der Waals surface area contributed by atoms with Gasteiger partial charge in [0.25, 0.3) is 11.8 Å². The third-order valence-electron chi connectivity index (χ3n) is 6.23. The molecule has 224 valence electrons. The Morgan fingerprint density at radius 3 is 2.55 bits per heavy atom. The first-order chi connectivity index (χ1) is 21.4. The molecule has 3 aromatic carbocycles. The molecule has 1 aliphatic heterocycles. The monoisotopic (exact) mass is 630 g/mol. The van der Waals surface area contributed by atoms with Crippen molar-refractivity contribution in [1.82, 2.24) is 4.90 Å². The van der Waals surface area contributed by atoms with Crippen molar-refractivity contribution in [3.63, 3.8) is 0 Å². The van der Waals surface area contributed by atoms with Crippen molar-refractivity contribution < 1.29 is 28.2 Å². The SMILES string of the molecule is COc1ccc(/C=N/N=C2\S/C(=C\c3ccccc3OCC(=O)Nc3ccc(Cl)cc3)C(=O)N2Cc2ccco2)cc1OC. The van der Waals surface area contributed by atoms with Gasteiger partial charge in [-0.25, -0.2) is 0 Å². The van der Waals surface area contributed by atoms with E-state index in [4.69, 9.17) is 30.2 Å². The zero-order valence-corrected chi connectivity index (χ0v) is 25.3. The molecule has 2 heterocycles. The van der Waals surface area contributed by atoms with Gasteiger partial charge in [-0.05, 0) is 84.1 Å². The van der Waals surface area contributed by atoms with Crippen molar-refractivity contribution in [2.45, 2.75) is 6.54 Å². The van der Waals surface area contributed by atoms with Gasteiger partial charge in [0.2, 0.25) is 0 Å². The fourth-order valence-corrected chi connectivity index (χ4v) is 5.16. The molecule has 0 bridgehead atoms. The quantitative estimate of drug-likeness (QED) is 0.115. The van der Waals surface area contributed by atoms with Crippen LogP contribution in [0.4, 0.5) is 5.69 Å². The molecule has 0 atom stereocenters. The number of carbonyl (C=O) groups excluding carboxylic acids is 2. The molecule has 4 aromatic rings. The highest BCUT2D eigenvalue weighted by atomic mass is 35.5. The van der Waals surface area contributed by atoms with Crippen LogP contribution in [0.25, 0.3) is 6.08 Å². The second-order valence-electron chi connectivity index (χ2n) is 9.20. The minimum Gasteiger partial charge on any atom is -0.493 e. The third-order valence-corrected chi connectivity index (χ3v) is 7.48. The van der Waals surface area contributed by atoms with Crippen LogP contribution in [-0.4, -0.2) is 48.9 Å². The van der Waals surface area contributed by atoms with E-state index in [-0.39, 0.29) is 25.0 Å². The number of para-hydroxylation sites is 1. The van der Waals surface area contributed by atoms with Gasteiger partial charge >= 0.3 is 0 Å². The Balaban J connectivity index is 1.34. The lowest BCUT2D eigenvalue weighted by Gasteiger charge is -2.12. The van der Waals surface area contributed by atoms with Crippen LogP contribution in [0.5, 0.6) is 17.2 Å². The molecule has 1 fully saturated rings. The van der Waals surface area contributed by atoms with Gasteiger partial charge in [0, 0.05) is 16.3 Å². The minimum absolute atomic E-state index is 0.171. The summed E-state index contributed by atoms with van der Waals surface area (Å²) in [5, 5.41) is 12.3. The molecule has 5 rings (SSSR count). The maximum atomic E-state index is 13.6. The summed E-state index contributed by atoms with van der Waals surface area (Å²) in [5.74, 6) is 1.57. The summed E-state index contributed by atoms with van der Waals surface area (Å²) in [6, 6.07) is 22.8. The van der Waals surface area contributed by atoms with Gasteiger partial charge in [-0.2, -0.15) is 5.10 Å². The molecule has 1 aromatic heterocycles. The number of carbonyl (C=O) groups is 2. The number of methoxy groups -OCH3 is 2. The molecule has 44 heavy (non-hydrogen) atoms. The van der Waals surface area contributed by atoms with Gasteiger partial charge in [-0.1, -0.05) is 29.8 Å². The number of furan rings is 1. The Bertz CT molecular complexity index is 1720. The predicted octanol–water partition coefficient (Wildman–Crippen LogP) is 6.47. The fraction of sp³-hybridized carbons (Fsp3) is 0.125. The standard InChI is InChI=1S/C32H27ClN4O6S/c1-40-27-14-9-21(16-28(27)41-2)18-34-36-32-37(19-25-7-5-15-42-25)31(39)29(44-32)17-22-6-3-4-8-26(22)43-20-30(38)35-24-12-10-23(33)11-13-24/h3-18H,19-20H2,1-2H3,(H,35,38)/b29-17-,34-18+,36-32-. The van der Waals surface area contributed by atoms with E-state index in [9.17, 15) is 9.59 Å². The number of nitrogens with zero attached hydrogens (tertiary/aromatic N) is 3. The Hall–Kier alpha value is -5.00. The molecule has 1 saturated heterocycles. The van der Waals surface area contributed by atoms with E-state index in [0.29, 0.717) is 49.4 Å². The molecular weight excluding hydrogens is 604 g/mol. The smallest absolute Gasteiger partial charge is 0.267 e. The van der Waals surface area contributed by atoms with Crippen LogP contribution in [0.2, 0.25) is 5.02 Å². The molecular formula is C32H27ClN4O6S. The van der Waals surface area contributed by atoms with Crippen LogP contribution in [0.15, 0.2) is 105 Å². The Labute approximate surface area is 263 Å². The van der Waals surface area contributed by atoms with Gasteiger partial charge in [0.05, 0.1) is 38.1 Å². The van der Waals surface area contributed by atoms with Crippen LogP contribution in [-0.2, 0) is 16.1 Å². The molecule has 12 heteroatoms. The Morgan fingerprint density at radius 1 is 1.00 bits per heavy atom. The van der Waals surface area contributed by atoms with E-state index >= 15 is 0 Å². The van der Waals surface area contributed by atoms with E-state index in [2.05, 4.69) is 15.5 Å². The zero-order valence-electron chi connectivity index (χ0n) is 23.7. The summed E-state index contributed by atoms with van der Waals surface area (Å²) in [5.41, 5.74) is 1.96. The van der Waals surface area contributed by atoms with Crippen molar-refractivity contribution in [1.29, 1.82) is 0 Å². The Kier molecular flexibility index (Phi) is 10.0. The lowest BCUT2D eigenvalue weighted by atomic mass is 10.2. The molecule has 0 aliphatic carbocycles. The largest absolute Gasteiger partial charge is 0.493 e. The van der Waals surface area contributed by atoms with E-state index in [0.717, 1.165) is 5.56 Å². The lowest BCUT2D eigenvalue weighted by molar-refractivity contribution is -0.122. The minimum atomic E-state index is -0.340. The van der Waals surface area contributed by atoms with Crippen molar-refractivity contribution in [3.05, 3.63) is 112 Å². The molecule has 1 N–H and O–H groups in total. The van der Waals surface area contributed by atoms with E-state index in [1.807, 2.05) is 12.1 Å². The van der Waals surface area contributed by atoms with Crippen LogP contribution < -0.4 is 19.5 Å². The normalized spacial score (nSPS) is 14.9. The number of amidine groups is 1. The van der Waals surface area contributed by atoms with Crippen molar-refractivity contribution in [2.75, 3.05) is 26.1 Å². The van der Waals surface area contributed by atoms with E-state index in [1.165, 1.54) is 16.7 Å². The maximum Gasteiger partial charge on any atom is 0.267 e. The number of thioether (sulfide) groups is 1. The molecule has 0 spiro atoms. The number of rotatable bonds is 11. The van der Waals surface area contributed by atoms with Crippen LogP contribution in [0.3, 0.4) is 0 Å². The first kappa shape index (κ1) is 30.5. The van der Waals surface area contributed by atoms with Crippen molar-refractivity contribution in [2.24, 2.45) is 10.2 Å². The summed E-state index contributed by atoms with van der Waals surface area (Å²) >= 11 is 7.08. The number of halogens is 1. The fourth-order valence-electron chi connectivity index (χ4n) is 4.10. The van der Waals surface area contributed by atoms with Gasteiger partial charge in [-0.3, -0.25) is 14.5 Å². The number of nitrogens with one attached hydrogen (secondary N) is 1. The zero-order chi connectivity index (χ0) is 30.9. The topological polar surface area (TPSA) is 115 Å². The first-order valence-corrected chi connectivity index (χ1v) is 14.5. The summed E-state index contributed by atoms with van der Waals surface area (Å²) in [7, 11) is 3.12. The number of benzene rings is 3. The van der Waals surface area contributed by atoms with Gasteiger partial charge in [0.15, 0.2) is 23.3 Å². The highest BCUT2D eigenvalue weighted by Crippen LogP contribution is 2.35. The molecule has 10 nitrogen and oxygen atoms in total. The summed E-state index contributed by atoms with van der Waals surface area (Å²) in [6.45, 7) is -0.0595. The predicted molar refractivity (Wildman–Crippen MR) is 171 cm³/mol. The number of amides is 2. The van der Waals surface area contributed by atoms with Crippen LogP contribution in [0.1, 0.15) is 16.9 Å². The summed E-state index contributed by atoms with van der Waals surface area (Å²) in [6.07, 6.45) is 4.81. The number of hydrogen-bond donors (Lipinski definition) is 1. The summed E-state index contributed by atoms with van der Waals surface area (Å²) in [4.78, 5) is 27.9. The second-order valence-corrected chi connectivity index (χ2v) is 10.6. The van der Waals surface area contributed by atoms with Crippen molar-refractivity contribution >= 4 is 58.3 Å². The molecule has 0 unspecified atom stereocenters. The first-order valence-electron chi connectivity index (χ1n) is 13.3. The second kappa shape index (κ2) is 14.5.